The Hall–Kier alpha value is -2.37. The lowest BCUT2D eigenvalue weighted by Gasteiger charge is -2.39. The molecule has 8 nitrogen and oxygen atoms in total. The number of hydrogen-bond donors (Lipinski definition) is 2. The van der Waals surface area contributed by atoms with Crippen molar-refractivity contribution in [2.45, 2.75) is 70.4 Å². The van der Waals surface area contributed by atoms with Crippen LogP contribution in [0.25, 0.3) is 11.0 Å². The number of hydrogen-bond acceptors (Lipinski definition) is 7. The molecule has 2 aromatic heterocycles. The van der Waals surface area contributed by atoms with Crippen molar-refractivity contribution in [2.75, 3.05) is 39.0 Å². The number of anilines is 1. The molecule has 0 aromatic carbocycles. The number of fused-ring (bicyclic) bond motifs is 3. The lowest BCUT2D eigenvalue weighted by molar-refractivity contribution is 0.0809. The van der Waals surface area contributed by atoms with Crippen LogP contribution in [-0.4, -0.2) is 70.1 Å². The molecule has 2 aliphatic heterocycles. The summed E-state index contributed by atoms with van der Waals surface area (Å²) in [7, 11) is 2.24. The monoisotopic (exact) mass is 425 g/mol. The summed E-state index contributed by atoms with van der Waals surface area (Å²) in [4.78, 5) is 17.1. The summed E-state index contributed by atoms with van der Waals surface area (Å²) in [5.41, 5.74) is 8.97. The van der Waals surface area contributed by atoms with E-state index in [2.05, 4.69) is 44.8 Å². The molecule has 4 heterocycles. The van der Waals surface area contributed by atoms with Crippen LogP contribution in [0.4, 0.5) is 5.82 Å². The molecule has 2 aromatic rings. The summed E-state index contributed by atoms with van der Waals surface area (Å²) >= 11 is 0. The maximum atomic E-state index is 9.60. The number of nitrogens with one attached hydrogen (secondary N) is 1. The number of rotatable bonds is 10. The van der Waals surface area contributed by atoms with Gasteiger partial charge in [-0.2, -0.15) is 15.2 Å². The molecule has 2 bridgehead atoms. The van der Waals surface area contributed by atoms with Gasteiger partial charge in [-0.05, 0) is 52.1 Å². The third-order valence-corrected chi connectivity index (χ3v) is 6.75. The Kier molecular flexibility index (Phi) is 6.93. The van der Waals surface area contributed by atoms with Crippen LogP contribution in [0.1, 0.15) is 63.1 Å². The zero-order valence-corrected chi connectivity index (χ0v) is 18.9. The number of aryl methyl sites for hydroxylation is 1. The normalized spacial score (nSPS) is 21.6. The number of nitriles is 1. The van der Waals surface area contributed by atoms with Crippen LogP contribution < -0.4 is 10.5 Å². The molecule has 2 aliphatic rings. The minimum atomic E-state index is 0.300. The Morgan fingerprint density at radius 3 is 2.65 bits per heavy atom. The molecule has 0 saturated carbocycles. The fraction of sp³-hybridized carbons (Fsp3) is 0.696. The molecule has 4 rings (SSSR count). The lowest BCUT2D eigenvalue weighted by Crippen LogP contribution is -2.52. The average Bonchev–Trinajstić information content (AvgIpc) is 3.22. The van der Waals surface area contributed by atoms with Crippen LogP contribution in [0, 0.1) is 11.3 Å². The summed E-state index contributed by atoms with van der Waals surface area (Å²) in [6.45, 7) is 6.29. The molecule has 168 valence electrons. The first kappa shape index (κ1) is 21.8. The molecule has 31 heavy (non-hydrogen) atoms. The second-order valence-corrected chi connectivity index (χ2v) is 9.06. The highest BCUT2D eigenvalue weighted by atomic mass is 16.5. The van der Waals surface area contributed by atoms with Gasteiger partial charge in [-0.1, -0.05) is 19.8 Å². The smallest absolute Gasteiger partial charge is 0.319 e. The number of likely N-dealkylation sites (N-methyl/N-ethyl adjacent to an activating group) is 1. The van der Waals surface area contributed by atoms with Crippen molar-refractivity contribution < 1.29 is 4.74 Å². The Balaban J connectivity index is 1.36. The molecule has 2 fully saturated rings. The van der Waals surface area contributed by atoms with Crippen LogP contribution in [-0.2, 0) is 6.42 Å². The van der Waals surface area contributed by atoms with E-state index in [4.69, 9.17) is 10.5 Å². The van der Waals surface area contributed by atoms with Gasteiger partial charge in [0.15, 0.2) is 5.82 Å². The van der Waals surface area contributed by atoms with E-state index in [-0.39, 0.29) is 0 Å². The van der Waals surface area contributed by atoms with Gasteiger partial charge in [-0.15, -0.1) is 0 Å². The van der Waals surface area contributed by atoms with E-state index < -0.39 is 0 Å². The Morgan fingerprint density at radius 1 is 1.16 bits per heavy atom. The summed E-state index contributed by atoms with van der Waals surface area (Å²) in [5, 5.41) is 9.60. The lowest BCUT2D eigenvalue weighted by atomic mass is 10.1. The van der Waals surface area contributed by atoms with Gasteiger partial charge in [0.05, 0.1) is 6.61 Å². The SMILES string of the molecule is CCCCOc1nc(N)c2[nH]c(C#N)c(CCCCCN3C4CCC3CN(C)C4)c2n1. The van der Waals surface area contributed by atoms with E-state index in [0.717, 1.165) is 55.3 Å². The van der Waals surface area contributed by atoms with Crippen molar-refractivity contribution in [1.29, 1.82) is 5.26 Å². The molecular formula is C23H35N7O. The molecule has 2 atom stereocenters. The van der Waals surface area contributed by atoms with E-state index in [1.54, 1.807) is 0 Å². The van der Waals surface area contributed by atoms with Gasteiger partial charge in [0, 0.05) is 30.7 Å². The number of nitrogen functional groups attached to an aromatic ring is 1. The van der Waals surface area contributed by atoms with Crippen molar-refractivity contribution in [3.8, 4) is 12.1 Å². The van der Waals surface area contributed by atoms with Gasteiger partial charge in [0.2, 0.25) is 0 Å². The number of aromatic nitrogens is 3. The van der Waals surface area contributed by atoms with Crippen molar-refractivity contribution in [1.82, 2.24) is 24.8 Å². The minimum absolute atomic E-state index is 0.300. The highest BCUT2D eigenvalue weighted by Crippen LogP contribution is 2.30. The molecule has 2 unspecified atom stereocenters. The number of aromatic amines is 1. The molecule has 0 aliphatic carbocycles. The zero-order chi connectivity index (χ0) is 21.8. The topological polar surface area (TPSA) is 107 Å². The number of nitrogens with zero attached hydrogens (tertiary/aromatic N) is 5. The van der Waals surface area contributed by atoms with Crippen molar-refractivity contribution >= 4 is 16.9 Å². The average molecular weight is 426 g/mol. The molecule has 0 spiro atoms. The third kappa shape index (κ3) is 4.78. The first-order chi connectivity index (χ1) is 15.1. The van der Waals surface area contributed by atoms with Gasteiger partial charge in [0.1, 0.15) is 22.8 Å². The predicted octanol–water partition coefficient (Wildman–Crippen LogP) is 3.08. The van der Waals surface area contributed by atoms with Gasteiger partial charge in [-0.3, -0.25) is 4.90 Å². The first-order valence-corrected chi connectivity index (χ1v) is 11.8. The highest BCUT2D eigenvalue weighted by molar-refractivity contribution is 5.89. The number of nitrogens with two attached hydrogens (primary N) is 1. The first-order valence-electron chi connectivity index (χ1n) is 11.8. The largest absolute Gasteiger partial charge is 0.463 e. The molecule has 8 heteroatoms. The van der Waals surface area contributed by atoms with Crippen LogP contribution in [0.2, 0.25) is 0 Å². The van der Waals surface area contributed by atoms with Crippen LogP contribution in [0.3, 0.4) is 0 Å². The van der Waals surface area contributed by atoms with Crippen molar-refractivity contribution in [2.24, 2.45) is 0 Å². The van der Waals surface area contributed by atoms with Crippen LogP contribution >= 0.6 is 0 Å². The molecule has 0 radical (unpaired) electrons. The standard InChI is InChI=1S/C23H35N7O/c1-3-4-12-31-23-27-20-18(19(13-24)26-21(20)22(25)28-23)8-6-5-7-11-30-16-9-10-17(30)15-29(2)14-16/h16-17,26H,3-12,14-15H2,1-2H3,(H2,25,27,28). The van der Waals surface area contributed by atoms with Gasteiger partial charge < -0.3 is 20.4 Å². The molecule has 0 amide bonds. The number of unbranched alkanes of at least 4 members (excludes halogenated alkanes) is 3. The summed E-state index contributed by atoms with van der Waals surface area (Å²) in [5.74, 6) is 0.338. The third-order valence-electron chi connectivity index (χ3n) is 6.75. The predicted molar refractivity (Wildman–Crippen MR) is 122 cm³/mol. The minimum Gasteiger partial charge on any atom is -0.463 e. The highest BCUT2D eigenvalue weighted by Gasteiger charge is 2.37. The van der Waals surface area contributed by atoms with Crippen molar-refractivity contribution in [3.05, 3.63) is 11.3 Å². The maximum absolute atomic E-state index is 9.60. The zero-order valence-electron chi connectivity index (χ0n) is 18.9. The van der Waals surface area contributed by atoms with E-state index in [1.807, 2.05) is 0 Å². The van der Waals surface area contributed by atoms with Crippen LogP contribution in [0.5, 0.6) is 6.01 Å². The quantitative estimate of drug-likeness (QED) is 0.563. The van der Waals surface area contributed by atoms with Crippen LogP contribution in [0.15, 0.2) is 0 Å². The Labute approximate surface area is 184 Å². The van der Waals surface area contributed by atoms with E-state index in [9.17, 15) is 5.26 Å². The summed E-state index contributed by atoms with van der Waals surface area (Å²) in [6, 6.07) is 4.06. The van der Waals surface area contributed by atoms with Gasteiger partial charge in [-0.25, -0.2) is 0 Å². The van der Waals surface area contributed by atoms with Crippen molar-refractivity contribution in [3.63, 3.8) is 0 Å². The second-order valence-electron chi connectivity index (χ2n) is 9.06. The fourth-order valence-electron chi connectivity index (χ4n) is 5.17. The second kappa shape index (κ2) is 9.84. The van der Waals surface area contributed by atoms with Gasteiger partial charge >= 0.3 is 6.01 Å². The summed E-state index contributed by atoms with van der Waals surface area (Å²) in [6.07, 6.45) is 8.86. The molecule has 3 N–H and O–H groups in total. The maximum Gasteiger partial charge on any atom is 0.319 e. The molecule has 2 saturated heterocycles. The number of piperazine rings is 1. The van der Waals surface area contributed by atoms with E-state index >= 15 is 0 Å². The fourth-order valence-corrected chi connectivity index (χ4v) is 5.17. The summed E-state index contributed by atoms with van der Waals surface area (Å²) < 4.78 is 5.67. The van der Waals surface area contributed by atoms with E-state index in [1.165, 1.54) is 38.9 Å². The Bertz CT molecular complexity index is 920. The Morgan fingerprint density at radius 2 is 1.94 bits per heavy atom. The molecular weight excluding hydrogens is 390 g/mol. The number of H-pyrrole nitrogens is 1. The van der Waals surface area contributed by atoms with E-state index in [0.29, 0.717) is 29.6 Å². The number of likely N-dealkylation sites (tertiary alicyclic amines) is 1. The van der Waals surface area contributed by atoms with Gasteiger partial charge in [0.25, 0.3) is 0 Å². The number of ether oxygens (including phenoxy) is 1.